The van der Waals surface area contributed by atoms with Crippen LogP contribution in [0.4, 0.5) is 0 Å². The van der Waals surface area contributed by atoms with Crippen LogP contribution in [0.1, 0.15) is 42.2 Å². The lowest BCUT2D eigenvalue weighted by atomic mass is 10.1. The van der Waals surface area contributed by atoms with Crippen LogP contribution >= 0.6 is 0 Å². The molecule has 2 aromatic heterocycles. The number of aryl methyl sites for hydroxylation is 2. The highest BCUT2D eigenvalue weighted by molar-refractivity contribution is 5.76. The molecule has 1 atom stereocenters. The molecule has 2 heterocycles. The van der Waals surface area contributed by atoms with Gasteiger partial charge in [-0.25, -0.2) is 0 Å². The van der Waals surface area contributed by atoms with E-state index < -0.39 is 0 Å². The number of hydrogen-bond acceptors (Lipinski definition) is 6. The van der Waals surface area contributed by atoms with Crippen LogP contribution in [0.25, 0.3) is 0 Å². The number of nitrogens with zero attached hydrogens (tertiary/aromatic N) is 4. The van der Waals surface area contributed by atoms with E-state index in [1.807, 2.05) is 13.8 Å². The van der Waals surface area contributed by atoms with E-state index in [2.05, 4.69) is 31.1 Å². The molecule has 102 valence electrons. The molecular weight excluding hydrogens is 248 g/mol. The van der Waals surface area contributed by atoms with Gasteiger partial charge in [0, 0.05) is 12.0 Å². The zero-order valence-electron chi connectivity index (χ0n) is 11.1. The summed E-state index contributed by atoms with van der Waals surface area (Å²) >= 11 is 0. The first kappa shape index (κ1) is 13.2. The fourth-order valence-electron chi connectivity index (χ4n) is 1.83. The van der Waals surface area contributed by atoms with E-state index in [4.69, 9.17) is 4.52 Å². The second kappa shape index (κ2) is 5.59. The Balaban J connectivity index is 1.85. The smallest absolute Gasteiger partial charge is 0.220 e. The van der Waals surface area contributed by atoms with E-state index in [0.717, 1.165) is 17.0 Å². The first-order chi connectivity index (χ1) is 9.08. The van der Waals surface area contributed by atoms with Crippen molar-refractivity contribution in [2.24, 2.45) is 0 Å². The molecule has 0 saturated carbocycles. The zero-order chi connectivity index (χ0) is 13.8. The zero-order valence-corrected chi connectivity index (χ0v) is 11.1. The summed E-state index contributed by atoms with van der Waals surface area (Å²) < 4.78 is 5.05. The summed E-state index contributed by atoms with van der Waals surface area (Å²) in [5.41, 5.74) is 1.82. The number of nitrogens with one attached hydrogen (secondary N) is 2. The summed E-state index contributed by atoms with van der Waals surface area (Å²) in [4.78, 5) is 11.8. The summed E-state index contributed by atoms with van der Waals surface area (Å²) in [6.45, 7) is 5.51. The van der Waals surface area contributed by atoms with E-state index in [0.29, 0.717) is 18.7 Å². The lowest BCUT2D eigenvalue weighted by molar-refractivity contribution is -0.121. The predicted molar refractivity (Wildman–Crippen MR) is 65.0 cm³/mol. The van der Waals surface area contributed by atoms with Crippen molar-refractivity contribution < 1.29 is 9.32 Å². The molecule has 0 aromatic carbocycles. The second-order valence-corrected chi connectivity index (χ2v) is 4.36. The summed E-state index contributed by atoms with van der Waals surface area (Å²) in [7, 11) is 0. The lowest BCUT2D eigenvalue weighted by Crippen LogP contribution is -2.27. The number of hydrogen-bond donors (Lipinski definition) is 2. The van der Waals surface area contributed by atoms with Crippen LogP contribution in [0.3, 0.4) is 0 Å². The van der Waals surface area contributed by atoms with Gasteiger partial charge in [0.2, 0.25) is 5.91 Å². The second-order valence-electron chi connectivity index (χ2n) is 4.36. The van der Waals surface area contributed by atoms with Gasteiger partial charge in [0.25, 0.3) is 0 Å². The molecule has 19 heavy (non-hydrogen) atoms. The SMILES string of the molecule is Cc1noc(C)c1CCC(=O)NC(C)c1nn[nH]n1. The molecule has 0 aliphatic rings. The van der Waals surface area contributed by atoms with Crippen LogP contribution in [-0.2, 0) is 11.2 Å². The number of carbonyl (C=O) groups is 1. The van der Waals surface area contributed by atoms with Crippen LogP contribution in [0, 0.1) is 13.8 Å². The molecule has 2 N–H and O–H groups in total. The third-order valence-electron chi connectivity index (χ3n) is 2.91. The molecule has 1 unspecified atom stereocenters. The molecule has 0 bridgehead atoms. The molecule has 0 radical (unpaired) electrons. The van der Waals surface area contributed by atoms with E-state index in [1.165, 1.54) is 0 Å². The van der Waals surface area contributed by atoms with Crippen molar-refractivity contribution in [2.45, 2.75) is 39.7 Å². The van der Waals surface area contributed by atoms with E-state index in [-0.39, 0.29) is 11.9 Å². The number of rotatable bonds is 5. The molecule has 1 amide bonds. The van der Waals surface area contributed by atoms with Gasteiger partial charge in [-0.15, -0.1) is 10.2 Å². The fourth-order valence-corrected chi connectivity index (χ4v) is 1.83. The molecule has 0 fully saturated rings. The highest BCUT2D eigenvalue weighted by atomic mass is 16.5. The number of amides is 1. The number of aromatic nitrogens is 5. The van der Waals surface area contributed by atoms with Gasteiger partial charge in [0.05, 0.1) is 11.7 Å². The Morgan fingerprint density at radius 3 is 2.84 bits per heavy atom. The molecular formula is C11H16N6O2. The van der Waals surface area contributed by atoms with Gasteiger partial charge < -0.3 is 9.84 Å². The third kappa shape index (κ3) is 3.15. The molecule has 8 nitrogen and oxygen atoms in total. The predicted octanol–water partition coefficient (Wildman–Crippen LogP) is 0.615. The molecule has 0 saturated heterocycles. The van der Waals surface area contributed by atoms with Crippen LogP contribution in [-0.4, -0.2) is 31.7 Å². The maximum Gasteiger partial charge on any atom is 0.220 e. The Morgan fingerprint density at radius 2 is 2.26 bits per heavy atom. The topological polar surface area (TPSA) is 110 Å². The Bertz CT molecular complexity index is 528. The molecule has 0 aliphatic heterocycles. The normalized spacial score (nSPS) is 12.4. The van der Waals surface area contributed by atoms with Gasteiger partial charge >= 0.3 is 0 Å². The number of tetrazole rings is 1. The van der Waals surface area contributed by atoms with Crippen molar-refractivity contribution >= 4 is 5.91 Å². The minimum absolute atomic E-state index is 0.0719. The first-order valence-electron chi connectivity index (χ1n) is 6.02. The summed E-state index contributed by atoms with van der Waals surface area (Å²) in [6, 6.07) is -0.268. The quantitative estimate of drug-likeness (QED) is 0.819. The van der Waals surface area contributed by atoms with Crippen LogP contribution in [0.5, 0.6) is 0 Å². The van der Waals surface area contributed by atoms with Crippen molar-refractivity contribution in [1.29, 1.82) is 0 Å². The molecule has 0 spiro atoms. The monoisotopic (exact) mass is 264 g/mol. The molecule has 8 heteroatoms. The van der Waals surface area contributed by atoms with Gasteiger partial charge in [-0.05, 0) is 27.2 Å². The third-order valence-corrected chi connectivity index (χ3v) is 2.91. The van der Waals surface area contributed by atoms with Gasteiger partial charge in [-0.2, -0.15) is 5.21 Å². The molecule has 2 rings (SSSR count). The van der Waals surface area contributed by atoms with Crippen LogP contribution in [0.2, 0.25) is 0 Å². The number of H-pyrrole nitrogens is 1. The maximum atomic E-state index is 11.8. The lowest BCUT2D eigenvalue weighted by Gasteiger charge is -2.09. The minimum atomic E-state index is -0.268. The average molecular weight is 264 g/mol. The largest absolute Gasteiger partial charge is 0.361 e. The average Bonchev–Trinajstić information content (AvgIpc) is 2.98. The van der Waals surface area contributed by atoms with Crippen LogP contribution in [0.15, 0.2) is 4.52 Å². The van der Waals surface area contributed by atoms with Crippen molar-refractivity contribution in [3.8, 4) is 0 Å². The summed E-state index contributed by atoms with van der Waals surface area (Å²) in [5, 5.41) is 20.1. The van der Waals surface area contributed by atoms with Crippen LogP contribution < -0.4 is 5.32 Å². The first-order valence-corrected chi connectivity index (χ1v) is 6.02. The van der Waals surface area contributed by atoms with Gasteiger partial charge in [-0.1, -0.05) is 10.4 Å². The minimum Gasteiger partial charge on any atom is -0.361 e. The van der Waals surface area contributed by atoms with Gasteiger partial charge in [-0.3, -0.25) is 4.79 Å². The number of aromatic amines is 1. The van der Waals surface area contributed by atoms with Crippen molar-refractivity contribution in [2.75, 3.05) is 0 Å². The number of carbonyl (C=O) groups excluding carboxylic acids is 1. The fraction of sp³-hybridized carbons (Fsp3) is 0.545. The van der Waals surface area contributed by atoms with Gasteiger partial charge in [0.1, 0.15) is 5.76 Å². The standard InChI is InChI=1S/C11H16N6O2/c1-6-9(8(3)19-15-6)4-5-10(18)12-7(2)11-13-16-17-14-11/h7H,4-5H2,1-3H3,(H,12,18)(H,13,14,16,17). The molecule has 2 aromatic rings. The summed E-state index contributed by atoms with van der Waals surface area (Å²) in [6.07, 6.45) is 0.969. The Morgan fingerprint density at radius 1 is 1.47 bits per heavy atom. The highest BCUT2D eigenvalue weighted by Crippen LogP contribution is 2.14. The summed E-state index contributed by atoms with van der Waals surface area (Å²) in [5.74, 6) is 1.15. The van der Waals surface area contributed by atoms with Crippen molar-refractivity contribution in [3.63, 3.8) is 0 Å². The van der Waals surface area contributed by atoms with E-state index >= 15 is 0 Å². The Kier molecular flexibility index (Phi) is 3.88. The van der Waals surface area contributed by atoms with E-state index in [1.54, 1.807) is 6.92 Å². The van der Waals surface area contributed by atoms with E-state index in [9.17, 15) is 4.79 Å². The van der Waals surface area contributed by atoms with Gasteiger partial charge in [0.15, 0.2) is 5.82 Å². The Hall–Kier alpha value is -2.25. The van der Waals surface area contributed by atoms with Crippen molar-refractivity contribution in [1.82, 2.24) is 31.1 Å². The molecule has 0 aliphatic carbocycles. The maximum absolute atomic E-state index is 11.8. The highest BCUT2D eigenvalue weighted by Gasteiger charge is 2.15. The Labute approximate surface area is 109 Å². The van der Waals surface area contributed by atoms with Crippen molar-refractivity contribution in [3.05, 3.63) is 22.8 Å².